The smallest absolute Gasteiger partial charge is 0.127 e. The van der Waals surface area contributed by atoms with Gasteiger partial charge in [0.2, 0.25) is 0 Å². The molecule has 0 aliphatic carbocycles. The third-order valence-electron chi connectivity index (χ3n) is 2.27. The van der Waals surface area contributed by atoms with Crippen molar-refractivity contribution in [1.82, 2.24) is 4.98 Å². The maximum atomic E-state index is 5.55. The van der Waals surface area contributed by atoms with Crippen LogP contribution >= 0.6 is 15.9 Å². The highest BCUT2D eigenvalue weighted by atomic mass is 79.9. The number of halogens is 1. The molecule has 0 radical (unpaired) electrons. The van der Waals surface area contributed by atoms with Crippen LogP contribution in [0.1, 0.15) is 24.5 Å². The number of aromatic nitrogens is 1. The maximum Gasteiger partial charge on any atom is 0.127 e. The van der Waals surface area contributed by atoms with Gasteiger partial charge in [-0.25, -0.2) is 4.98 Å². The Morgan fingerprint density at radius 2 is 2.12 bits per heavy atom. The van der Waals surface area contributed by atoms with E-state index in [1.807, 2.05) is 44.2 Å². The molecule has 4 heteroatoms. The molecule has 16 heavy (non-hydrogen) atoms. The molecule has 0 aromatic carbocycles. The van der Waals surface area contributed by atoms with Crippen LogP contribution in [0.4, 0.5) is 5.82 Å². The normalized spacial score (nSPS) is 12.4. The highest BCUT2D eigenvalue weighted by Gasteiger charge is 2.09. The van der Waals surface area contributed by atoms with Crippen molar-refractivity contribution in [3.05, 3.63) is 46.5 Å². The van der Waals surface area contributed by atoms with E-state index in [0.717, 1.165) is 21.9 Å². The minimum atomic E-state index is 0.107. The topological polar surface area (TPSA) is 38.1 Å². The fourth-order valence-corrected chi connectivity index (χ4v) is 1.81. The van der Waals surface area contributed by atoms with Gasteiger partial charge in [0.05, 0.1) is 6.04 Å². The number of anilines is 1. The summed E-state index contributed by atoms with van der Waals surface area (Å²) in [7, 11) is 0. The van der Waals surface area contributed by atoms with Gasteiger partial charge in [0.15, 0.2) is 0 Å². The Bertz CT molecular complexity index is 481. The van der Waals surface area contributed by atoms with E-state index in [1.54, 1.807) is 0 Å². The average molecular weight is 281 g/mol. The van der Waals surface area contributed by atoms with Gasteiger partial charge in [0.25, 0.3) is 0 Å². The van der Waals surface area contributed by atoms with E-state index in [4.69, 9.17) is 4.42 Å². The molecule has 1 atom stereocenters. The molecule has 2 rings (SSSR count). The van der Waals surface area contributed by atoms with Gasteiger partial charge in [0, 0.05) is 0 Å². The van der Waals surface area contributed by atoms with Crippen molar-refractivity contribution < 1.29 is 4.42 Å². The summed E-state index contributed by atoms with van der Waals surface area (Å²) >= 11 is 3.34. The van der Waals surface area contributed by atoms with Crippen molar-refractivity contribution in [2.24, 2.45) is 0 Å². The van der Waals surface area contributed by atoms with Gasteiger partial charge in [-0.1, -0.05) is 6.07 Å². The second-order valence-corrected chi connectivity index (χ2v) is 4.47. The van der Waals surface area contributed by atoms with Gasteiger partial charge in [-0.05, 0) is 54.0 Å². The molecule has 2 aromatic rings. The molecule has 0 amide bonds. The lowest BCUT2D eigenvalue weighted by molar-refractivity contribution is 0.466. The highest BCUT2D eigenvalue weighted by molar-refractivity contribution is 9.10. The molecule has 0 aliphatic rings. The fourth-order valence-electron chi connectivity index (χ4n) is 1.47. The van der Waals surface area contributed by atoms with E-state index in [9.17, 15) is 0 Å². The molecule has 0 bridgehead atoms. The third kappa shape index (κ3) is 2.64. The summed E-state index contributed by atoms with van der Waals surface area (Å²) in [5.41, 5.74) is 0. The SMILES string of the molecule is Cc1ccc(C(C)Nc2cccc(Br)n2)o1. The number of hydrogen-bond donors (Lipinski definition) is 1. The molecule has 2 aromatic heterocycles. The molecule has 0 aliphatic heterocycles. The van der Waals surface area contributed by atoms with Crippen molar-refractivity contribution in [1.29, 1.82) is 0 Å². The zero-order valence-corrected chi connectivity index (χ0v) is 10.8. The number of nitrogens with zero attached hydrogens (tertiary/aromatic N) is 1. The van der Waals surface area contributed by atoms with E-state index in [2.05, 4.69) is 26.2 Å². The quantitative estimate of drug-likeness (QED) is 0.866. The summed E-state index contributed by atoms with van der Waals surface area (Å²) in [5, 5.41) is 3.28. The lowest BCUT2D eigenvalue weighted by Crippen LogP contribution is -2.06. The summed E-state index contributed by atoms with van der Waals surface area (Å²) in [4.78, 5) is 4.31. The Balaban J connectivity index is 2.10. The number of aryl methyl sites for hydroxylation is 1. The largest absolute Gasteiger partial charge is 0.464 e. The zero-order chi connectivity index (χ0) is 11.5. The molecule has 0 spiro atoms. The molecule has 0 saturated carbocycles. The summed E-state index contributed by atoms with van der Waals surface area (Å²) in [6.45, 7) is 3.98. The number of furan rings is 1. The maximum absolute atomic E-state index is 5.55. The minimum absolute atomic E-state index is 0.107. The highest BCUT2D eigenvalue weighted by Crippen LogP contribution is 2.20. The van der Waals surface area contributed by atoms with E-state index < -0.39 is 0 Å². The van der Waals surface area contributed by atoms with Crippen LogP contribution in [0.2, 0.25) is 0 Å². The Hall–Kier alpha value is -1.29. The van der Waals surface area contributed by atoms with Gasteiger partial charge in [-0.2, -0.15) is 0 Å². The summed E-state index contributed by atoms with van der Waals surface area (Å²) < 4.78 is 6.37. The Morgan fingerprint density at radius 3 is 2.75 bits per heavy atom. The Morgan fingerprint density at radius 1 is 1.31 bits per heavy atom. The van der Waals surface area contributed by atoms with Crippen LogP contribution in [-0.4, -0.2) is 4.98 Å². The molecular weight excluding hydrogens is 268 g/mol. The molecule has 2 heterocycles. The van der Waals surface area contributed by atoms with Crippen LogP contribution < -0.4 is 5.32 Å². The van der Waals surface area contributed by atoms with Crippen LogP contribution in [0.15, 0.2) is 39.4 Å². The molecule has 3 nitrogen and oxygen atoms in total. The molecule has 1 N–H and O–H groups in total. The minimum Gasteiger partial charge on any atom is -0.464 e. The zero-order valence-electron chi connectivity index (χ0n) is 9.20. The molecule has 0 saturated heterocycles. The molecule has 1 unspecified atom stereocenters. The second-order valence-electron chi connectivity index (χ2n) is 3.66. The Labute approximate surface area is 103 Å². The average Bonchev–Trinajstić information content (AvgIpc) is 2.65. The van der Waals surface area contributed by atoms with Gasteiger partial charge in [-0.3, -0.25) is 0 Å². The van der Waals surface area contributed by atoms with Crippen molar-refractivity contribution in [3.63, 3.8) is 0 Å². The fraction of sp³-hybridized carbons (Fsp3) is 0.250. The van der Waals surface area contributed by atoms with Crippen LogP contribution in [0.25, 0.3) is 0 Å². The number of hydrogen-bond acceptors (Lipinski definition) is 3. The van der Waals surface area contributed by atoms with E-state index in [-0.39, 0.29) is 6.04 Å². The second kappa shape index (κ2) is 4.70. The monoisotopic (exact) mass is 280 g/mol. The molecular formula is C12H13BrN2O. The predicted octanol–water partition coefficient (Wildman–Crippen LogP) is 3.92. The molecule has 0 fully saturated rings. The first kappa shape index (κ1) is 11.2. The predicted molar refractivity (Wildman–Crippen MR) is 67.4 cm³/mol. The first-order valence-electron chi connectivity index (χ1n) is 5.10. The van der Waals surface area contributed by atoms with Crippen molar-refractivity contribution in [2.45, 2.75) is 19.9 Å². The van der Waals surface area contributed by atoms with Crippen molar-refractivity contribution >= 4 is 21.7 Å². The summed E-state index contributed by atoms with van der Waals surface area (Å²) in [5.74, 6) is 2.67. The summed E-state index contributed by atoms with van der Waals surface area (Å²) in [6, 6.07) is 9.81. The first-order chi connectivity index (χ1) is 7.65. The lowest BCUT2D eigenvalue weighted by atomic mass is 10.2. The first-order valence-corrected chi connectivity index (χ1v) is 5.90. The van der Waals surface area contributed by atoms with Gasteiger partial charge in [-0.15, -0.1) is 0 Å². The molecule has 84 valence electrons. The lowest BCUT2D eigenvalue weighted by Gasteiger charge is -2.11. The van der Waals surface area contributed by atoms with Crippen molar-refractivity contribution in [3.8, 4) is 0 Å². The number of rotatable bonds is 3. The number of nitrogens with one attached hydrogen (secondary N) is 1. The van der Waals surface area contributed by atoms with Crippen LogP contribution in [0.5, 0.6) is 0 Å². The summed E-state index contributed by atoms with van der Waals surface area (Å²) in [6.07, 6.45) is 0. The number of pyridine rings is 1. The van der Waals surface area contributed by atoms with Crippen LogP contribution in [0, 0.1) is 6.92 Å². The Kier molecular flexibility index (Phi) is 3.29. The van der Waals surface area contributed by atoms with E-state index in [1.165, 1.54) is 0 Å². The van der Waals surface area contributed by atoms with Gasteiger partial charge in [0.1, 0.15) is 21.9 Å². The van der Waals surface area contributed by atoms with Crippen LogP contribution in [-0.2, 0) is 0 Å². The van der Waals surface area contributed by atoms with E-state index in [0.29, 0.717) is 0 Å². The van der Waals surface area contributed by atoms with Crippen LogP contribution in [0.3, 0.4) is 0 Å². The van der Waals surface area contributed by atoms with Gasteiger partial charge < -0.3 is 9.73 Å². The van der Waals surface area contributed by atoms with Gasteiger partial charge >= 0.3 is 0 Å². The standard InChI is InChI=1S/C12H13BrN2O/c1-8-6-7-10(16-8)9(2)14-12-5-3-4-11(13)15-12/h3-7,9H,1-2H3,(H,14,15). The van der Waals surface area contributed by atoms with Crippen molar-refractivity contribution in [2.75, 3.05) is 5.32 Å². The van der Waals surface area contributed by atoms with E-state index >= 15 is 0 Å². The third-order valence-corrected chi connectivity index (χ3v) is 2.71.